The molecule has 0 aliphatic heterocycles. The molecule has 0 aliphatic rings. The number of benzene rings is 4. The Hall–Kier alpha value is -3.07. The van der Waals surface area contributed by atoms with Crippen LogP contribution in [0.25, 0.3) is 33.0 Å². The van der Waals surface area contributed by atoms with Crippen molar-refractivity contribution < 1.29 is 13.2 Å². The van der Waals surface area contributed by atoms with Gasteiger partial charge in [-0.05, 0) is 54.0 Å². The standard InChI is InChI=1S/C29H27F3/c1-3-4-5-6-7-20-10-14-24-22(16-20)13-15-25(29(24)32)23-17-26(30)28(27(31)18-23)21-11-8-19(2)9-12-21/h8-18H,3-7H2,1-2H3. The third-order valence-corrected chi connectivity index (χ3v) is 6.03. The van der Waals surface area contributed by atoms with Crippen molar-refractivity contribution in [1.82, 2.24) is 0 Å². The van der Waals surface area contributed by atoms with Gasteiger partial charge >= 0.3 is 0 Å². The molecule has 0 N–H and O–H groups in total. The second-order valence-electron chi connectivity index (χ2n) is 8.47. The van der Waals surface area contributed by atoms with Gasteiger partial charge in [0.1, 0.15) is 17.5 Å². The third kappa shape index (κ3) is 4.57. The molecule has 4 aromatic carbocycles. The molecule has 0 saturated heterocycles. The summed E-state index contributed by atoms with van der Waals surface area (Å²) in [5.41, 5.74) is 2.94. The van der Waals surface area contributed by atoms with E-state index in [1.807, 2.05) is 37.3 Å². The Kier molecular flexibility index (Phi) is 6.64. The monoisotopic (exact) mass is 432 g/mol. The number of halogens is 3. The molecule has 32 heavy (non-hydrogen) atoms. The summed E-state index contributed by atoms with van der Waals surface area (Å²) in [4.78, 5) is 0. The molecule has 0 aliphatic carbocycles. The van der Waals surface area contributed by atoms with Crippen molar-refractivity contribution in [2.45, 2.75) is 46.0 Å². The average Bonchev–Trinajstić information content (AvgIpc) is 2.78. The SMILES string of the molecule is CCCCCCc1ccc2c(F)c(-c3cc(F)c(-c4ccc(C)cc4)c(F)c3)ccc2c1. The lowest BCUT2D eigenvalue weighted by Gasteiger charge is -2.12. The van der Waals surface area contributed by atoms with E-state index in [0.29, 0.717) is 10.9 Å². The first-order valence-corrected chi connectivity index (χ1v) is 11.3. The average molecular weight is 433 g/mol. The molecular weight excluding hydrogens is 405 g/mol. The van der Waals surface area contributed by atoms with E-state index in [-0.39, 0.29) is 16.7 Å². The van der Waals surface area contributed by atoms with Crippen LogP contribution in [0.2, 0.25) is 0 Å². The largest absolute Gasteiger partial charge is 0.206 e. The van der Waals surface area contributed by atoms with E-state index in [4.69, 9.17) is 0 Å². The summed E-state index contributed by atoms with van der Waals surface area (Å²) in [7, 11) is 0. The predicted molar refractivity (Wildman–Crippen MR) is 127 cm³/mol. The Morgan fingerprint density at radius 3 is 2.09 bits per heavy atom. The van der Waals surface area contributed by atoms with Gasteiger partial charge in [0.15, 0.2) is 0 Å². The smallest absolute Gasteiger partial charge is 0.138 e. The van der Waals surface area contributed by atoms with E-state index in [2.05, 4.69) is 6.92 Å². The molecule has 0 heterocycles. The van der Waals surface area contributed by atoms with Gasteiger partial charge in [-0.15, -0.1) is 0 Å². The lowest BCUT2D eigenvalue weighted by Crippen LogP contribution is -1.95. The zero-order valence-electron chi connectivity index (χ0n) is 18.5. The molecule has 0 amide bonds. The van der Waals surface area contributed by atoms with Crippen molar-refractivity contribution in [3.63, 3.8) is 0 Å². The normalized spacial score (nSPS) is 11.3. The van der Waals surface area contributed by atoms with Crippen molar-refractivity contribution in [1.29, 1.82) is 0 Å². The highest BCUT2D eigenvalue weighted by Crippen LogP contribution is 2.34. The van der Waals surface area contributed by atoms with Crippen LogP contribution in [-0.4, -0.2) is 0 Å². The van der Waals surface area contributed by atoms with E-state index in [0.717, 1.165) is 23.8 Å². The first kappa shape index (κ1) is 22.1. The number of hydrogen-bond donors (Lipinski definition) is 0. The predicted octanol–water partition coefficient (Wildman–Crippen LogP) is 9.02. The highest BCUT2D eigenvalue weighted by atomic mass is 19.1. The van der Waals surface area contributed by atoms with Gasteiger partial charge in [0.2, 0.25) is 0 Å². The summed E-state index contributed by atoms with van der Waals surface area (Å²) in [5.74, 6) is -1.86. The Bertz CT molecular complexity index is 1220. The summed E-state index contributed by atoms with van der Waals surface area (Å²) < 4.78 is 45.1. The maximum atomic E-state index is 15.3. The van der Waals surface area contributed by atoms with Gasteiger partial charge < -0.3 is 0 Å². The quantitative estimate of drug-likeness (QED) is 0.256. The van der Waals surface area contributed by atoms with Gasteiger partial charge in [0.25, 0.3) is 0 Å². The van der Waals surface area contributed by atoms with Gasteiger partial charge in [0, 0.05) is 10.9 Å². The van der Waals surface area contributed by atoms with Crippen LogP contribution < -0.4 is 0 Å². The van der Waals surface area contributed by atoms with Crippen LogP contribution in [0.3, 0.4) is 0 Å². The van der Waals surface area contributed by atoms with Gasteiger partial charge in [0.05, 0.1) is 5.56 Å². The Morgan fingerprint density at radius 2 is 1.41 bits per heavy atom. The second kappa shape index (κ2) is 9.60. The second-order valence-corrected chi connectivity index (χ2v) is 8.47. The maximum absolute atomic E-state index is 15.3. The summed E-state index contributed by atoms with van der Waals surface area (Å²) in [5, 5.41) is 1.26. The Balaban J connectivity index is 1.67. The molecule has 0 saturated carbocycles. The molecule has 0 atom stereocenters. The summed E-state index contributed by atoms with van der Waals surface area (Å²) in [6.45, 7) is 4.10. The summed E-state index contributed by atoms with van der Waals surface area (Å²) in [6.07, 6.45) is 5.69. The number of rotatable bonds is 7. The minimum absolute atomic E-state index is 0.0948. The molecule has 0 radical (unpaired) electrons. The van der Waals surface area contributed by atoms with E-state index in [9.17, 15) is 8.78 Å². The zero-order chi connectivity index (χ0) is 22.7. The zero-order valence-corrected chi connectivity index (χ0v) is 18.5. The first-order valence-electron chi connectivity index (χ1n) is 11.3. The minimum Gasteiger partial charge on any atom is -0.206 e. The summed E-state index contributed by atoms with van der Waals surface area (Å²) >= 11 is 0. The molecule has 4 aromatic rings. The Labute approximate surface area is 187 Å². The third-order valence-electron chi connectivity index (χ3n) is 6.03. The molecule has 3 heteroatoms. The number of fused-ring (bicyclic) bond motifs is 1. The molecule has 0 nitrogen and oxygen atoms in total. The van der Waals surface area contributed by atoms with Crippen molar-refractivity contribution in [2.24, 2.45) is 0 Å². The van der Waals surface area contributed by atoms with E-state index in [1.165, 1.54) is 37.0 Å². The lowest BCUT2D eigenvalue weighted by atomic mass is 9.95. The van der Waals surface area contributed by atoms with Crippen LogP contribution >= 0.6 is 0 Å². The van der Waals surface area contributed by atoms with Crippen LogP contribution in [0, 0.1) is 24.4 Å². The van der Waals surface area contributed by atoms with E-state index in [1.54, 1.807) is 24.3 Å². The fourth-order valence-electron chi connectivity index (χ4n) is 4.20. The molecule has 0 bridgehead atoms. The molecule has 0 aromatic heterocycles. The van der Waals surface area contributed by atoms with Gasteiger partial charge in [-0.2, -0.15) is 0 Å². The molecule has 0 spiro atoms. The van der Waals surface area contributed by atoms with E-state index < -0.39 is 17.5 Å². The molecule has 0 fully saturated rings. The van der Waals surface area contributed by atoms with Gasteiger partial charge in [-0.25, -0.2) is 13.2 Å². The fourth-order valence-corrected chi connectivity index (χ4v) is 4.20. The molecule has 4 rings (SSSR count). The highest BCUT2D eigenvalue weighted by Gasteiger charge is 2.17. The Morgan fingerprint density at radius 1 is 0.688 bits per heavy atom. The van der Waals surface area contributed by atoms with Crippen molar-refractivity contribution >= 4 is 10.8 Å². The summed E-state index contributed by atoms with van der Waals surface area (Å²) in [6, 6.07) is 18.6. The van der Waals surface area contributed by atoms with Crippen LogP contribution in [-0.2, 0) is 6.42 Å². The molecule has 164 valence electrons. The van der Waals surface area contributed by atoms with Crippen molar-refractivity contribution in [2.75, 3.05) is 0 Å². The van der Waals surface area contributed by atoms with Gasteiger partial charge in [-0.3, -0.25) is 0 Å². The van der Waals surface area contributed by atoms with Crippen LogP contribution in [0.4, 0.5) is 13.2 Å². The fraction of sp³-hybridized carbons (Fsp3) is 0.241. The minimum atomic E-state index is -0.703. The van der Waals surface area contributed by atoms with E-state index >= 15 is 4.39 Å². The molecule has 0 unspecified atom stereocenters. The van der Waals surface area contributed by atoms with Gasteiger partial charge in [-0.1, -0.05) is 86.3 Å². The number of hydrogen-bond acceptors (Lipinski definition) is 0. The van der Waals surface area contributed by atoms with Crippen LogP contribution in [0.1, 0.15) is 43.7 Å². The molecular formula is C29H27F3. The van der Waals surface area contributed by atoms with Crippen molar-refractivity contribution in [3.05, 3.63) is 95.3 Å². The number of unbranched alkanes of at least 4 members (excludes halogenated alkanes) is 3. The lowest BCUT2D eigenvalue weighted by molar-refractivity contribution is 0.590. The number of aryl methyl sites for hydroxylation is 2. The first-order chi connectivity index (χ1) is 15.5. The topological polar surface area (TPSA) is 0 Å². The van der Waals surface area contributed by atoms with Crippen molar-refractivity contribution in [3.8, 4) is 22.3 Å². The van der Waals surface area contributed by atoms with Crippen LogP contribution in [0.5, 0.6) is 0 Å². The maximum Gasteiger partial charge on any atom is 0.138 e. The highest BCUT2D eigenvalue weighted by molar-refractivity contribution is 5.89. The van der Waals surface area contributed by atoms with Crippen LogP contribution in [0.15, 0.2) is 66.7 Å².